The number of anilines is 2. The molecule has 0 atom stereocenters. The Morgan fingerprint density at radius 2 is 2.20 bits per heavy atom. The summed E-state index contributed by atoms with van der Waals surface area (Å²) in [5.41, 5.74) is 10.8. The molecule has 1 rings (SSSR count). The second kappa shape index (κ2) is 2.14. The van der Waals surface area contributed by atoms with E-state index in [-0.39, 0.29) is 16.4 Å². The second-order valence-electron chi connectivity index (χ2n) is 1.67. The zero-order valence-corrected chi connectivity index (χ0v) is 5.72. The van der Waals surface area contributed by atoms with Gasteiger partial charge in [0, 0.05) is 5.38 Å². The fraction of sp³-hybridized carbons (Fsp3) is 0. The Balaban J connectivity index is 3.17. The number of rotatable bonds is 1. The quantitative estimate of drug-likeness (QED) is 0.468. The van der Waals surface area contributed by atoms with E-state index in [0.717, 1.165) is 11.3 Å². The van der Waals surface area contributed by atoms with Gasteiger partial charge in [-0.05, 0) is 0 Å². The van der Waals surface area contributed by atoms with Gasteiger partial charge in [-0.3, -0.25) is 10.1 Å². The van der Waals surface area contributed by atoms with E-state index in [1.807, 2.05) is 0 Å². The van der Waals surface area contributed by atoms with E-state index < -0.39 is 4.92 Å². The van der Waals surface area contributed by atoms with Crippen LogP contribution in [0.15, 0.2) is 5.38 Å². The normalized spacial score (nSPS) is 9.60. The van der Waals surface area contributed by atoms with Crippen LogP contribution in [0.25, 0.3) is 0 Å². The summed E-state index contributed by atoms with van der Waals surface area (Å²) in [6, 6.07) is 0. The Bertz CT molecular complexity index is 269. The van der Waals surface area contributed by atoms with Crippen molar-refractivity contribution in [2.75, 3.05) is 11.5 Å². The number of nitrogens with two attached hydrogens (primary N) is 2. The fourth-order valence-electron chi connectivity index (χ4n) is 0.511. The van der Waals surface area contributed by atoms with Gasteiger partial charge < -0.3 is 11.5 Å². The van der Waals surface area contributed by atoms with Crippen molar-refractivity contribution in [2.45, 2.75) is 0 Å². The molecule has 0 amide bonds. The van der Waals surface area contributed by atoms with Gasteiger partial charge in [-0.1, -0.05) is 11.3 Å². The van der Waals surface area contributed by atoms with Gasteiger partial charge >= 0.3 is 5.00 Å². The fourth-order valence-corrected chi connectivity index (χ4v) is 1.21. The first kappa shape index (κ1) is 6.81. The summed E-state index contributed by atoms with van der Waals surface area (Å²) in [6.07, 6.45) is 0. The standard InChI is InChI=1S/C4H5N3O2S/c5-2-1-10-4(3(2)6)7(8)9/h1H,5-6H2. The molecule has 0 radical (unpaired) electrons. The van der Waals surface area contributed by atoms with Crippen molar-refractivity contribution in [3.05, 3.63) is 15.5 Å². The Morgan fingerprint density at radius 1 is 1.60 bits per heavy atom. The molecule has 1 aromatic rings. The maximum atomic E-state index is 10.1. The SMILES string of the molecule is Nc1csc([N+](=O)[O-])c1N. The lowest BCUT2D eigenvalue weighted by molar-refractivity contribution is -0.379. The van der Waals surface area contributed by atoms with E-state index in [0.29, 0.717) is 0 Å². The Hall–Kier alpha value is -1.30. The van der Waals surface area contributed by atoms with Gasteiger partial charge in [0.1, 0.15) is 5.69 Å². The molecule has 54 valence electrons. The lowest BCUT2D eigenvalue weighted by atomic mass is 10.4. The van der Waals surface area contributed by atoms with E-state index >= 15 is 0 Å². The molecule has 1 aromatic heterocycles. The molecule has 4 N–H and O–H groups in total. The largest absolute Gasteiger partial charge is 0.396 e. The summed E-state index contributed by atoms with van der Waals surface area (Å²) in [4.78, 5) is 9.57. The molecule has 0 unspecified atom stereocenters. The zero-order chi connectivity index (χ0) is 7.72. The minimum absolute atomic E-state index is 0.0648. The van der Waals surface area contributed by atoms with Crippen molar-refractivity contribution in [3.63, 3.8) is 0 Å². The van der Waals surface area contributed by atoms with Gasteiger partial charge in [-0.25, -0.2) is 0 Å². The van der Waals surface area contributed by atoms with Crippen molar-refractivity contribution in [1.82, 2.24) is 0 Å². The maximum absolute atomic E-state index is 10.1. The van der Waals surface area contributed by atoms with Gasteiger partial charge in [-0.15, -0.1) is 0 Å². The predicted molar refractivity (Wildman–Crippen MR) is 39.8 cm³/mol. The smallest absolute Gasteiger partial charge is 0.349 e. The Kier molecular flexibility index (Phi) is 1.46. The van der Waals surface area contributed by atoms with Crippen LogP contribution < -0.4 is 11.5 Å². The molecule has 0 spiro atoms. The minimum Gasteiger partial charge on any atom is -0.396 e. The number of nitrogen functional groups attached to an aromatic ring is 2. The van der Waals surface area contributed by atoms with Crippen molar-refractivity contribution in [1.29, 1.82) is 0 Å². The minimum atomic E-state index is -0.545. The third kappa shape index (κ3) is 0.883. The molecule has 1 heterocycles. The van der Waals surface area contributed by atoms with Crippen LogP contribution in [0.3, 0.4) is 0 Å². The van der Waals surface area contributed by atoms with E-state index in [1.165, 1.54) is 5.38 Å². The summed E-state index contributed by atoms with van der Waals surface area (Å²) in [7, 11) is 0. The molecule has 0 fully saturated rings. The molecule has 6 heteroatoms. The van der Waals surface area contributed by atoms with E-state index in [2.05, 4.69) is 0 Å². The third-order valence-corrected chi connectivity index (χ3v) is 1.97. The summed E-state index contributed by atoms with van der Waals surface area (Å²) in [5.74, 6) is 0. The molecule has 5 nitrogen and oxygen atoms in total. The molecule has 10 heavy (non-hydrogen) atoms. The number of hydrogen-bond donors (Lipinski definition) is 2. The van der Waals surface area contributed by atoms with Crippen LogP contribution in [0.5, 0.6) is 0 Å². The van der Waals surface area contributed by atoms with E-state index in [4.69, 9.17) is 11.5 Å². The van der Waals surface area contributed by atoms with Gasteiger partial charge in [0.2, 0.25) is 0 Å². The van der Waals surface area contributed by atoms with Crippen LogP contribution in [0.1, 0.15) is 0 Å². The van der Waals surface area contributed by atoms with Crippen LogP contribution in [0.2, 0.25) is 0 Å². The zero-order valence-electron chi connectivity index (χ0n) is 4.90. The molecule has 0 aliphatic heterocycles. The maximum Gasteiger partial charge on any atom is 0.349 e. The van der Waals surface area contributed by atoms with E-state index in [9.17, 15) is 10.1 Å². The Labute approximate surface area is 60.4 Å². The second-order valence-corrected chi connectivity index (χ2v) is 2.53. The van der Waals surface area contributed by atoms with E-state index in [1.54, 1.807) is 0 Å². The number of hydrogen-bond acceptors (Lipinski definition) is 5. The highest BCUT2D eigenvalue weighted by molar-refractivity contribution is 7.14. The van der Waals surface area contributed by atoms with Crippen LogP contribution in [0, 0.1) is 10.1 Å². The van der Waals surface area contributed by atoms with Gasteiger partial charge in [-0.2, -0.15) is 0 Å². The predicted octanol–water partition coefficient (Wildman–Crippen LogP) is 0.821. The summed E-state index contributed by atoms with van der Waals surface area (Å²) in [6.45, 7) is 0. The number of nitro groups is 1. The molecule has 0 saturated heterocycles. The lowest BCUT2D eigenvalue weighted by Crippen LogP contribution is -1.93. The Morgan fingerprint density at radius 3 is 2.40 bits per heavy atom. The van der Waals surface area contributed by atoms with Crippen molar-refractivity contribution >= 4 is 27.7 Å². The lowest BCUT2D eigenvalue weighted by Gasteiger charge is -1.87. The first-order valence-corrected chi connectivity index (χ1v) is 3.27. The monoisotopic (exact) mass is 159 g/mol. The molecule has 0 bridgehead atoms. The average Bonchev–Trinajstić information content (AvgIpc) is 2.14. The summed E-state index contributed by atoms with van der Waals surface area (Å²) >= 11 is 0.935. The van der Waals surface area contributed by atoms with Crippen LogP contribution >= 0.6 is 11.3 Å². The van der Waals surface area contributed by atoms with Gasteiger partial charge in [0.15, 0.2) is 0 Å². The third-order valence-electron chi connectivity index (χ3n) is 1.00. The number of thiophene rings is 1. The van der Waals surface area contributed by atoms with Crippen molar-refractivity contribution in [2.24, 2.45) is 0 Å². The van der Waals surface area contributed by atoms with Crippen molar-refractivity contribution in [3.8, 4) is 0 Å². The molecule has 0 aliphatic rings. The molecule has 0 aliphatic carbocycles. The molecular weight excluding hydrogens is 154 g/mol. The molecular formula is C4H5N3O2S. The highest BCUT2D eigenvalue weighted by atomic mass is 32.1. The van der Waals surface area contributed by atoms with Crippen LogP contribution in [-0.4, -0.2) is 4.92 Å². The first-order chi connectivity index (χ1) is 4.63. The van der Waals surface area contributed by atoms with Gasteiger partial charge in [0.25, 0.3) is 0 Å². The summed E-state index contributed by atoms with van der Waals surface area (Å²) < 4.78 is 0. The van der Waals surface area contributed by atoms with Gasteiger partial charge in [0.05, 0.1) is 10.6 Å². The highest BCUT2D eigenvalue weighted by Gasteiger charge is 2.15. The highest BCUT2D eigenvalue weighted by Crippen LogP contribution is 2.33. The van der Waals surface area contributed by atoms with Crippen LogP contribution in [-0.2, 0) is 0 Å². The average molecular weight is 159 g/mol. The molecule has 0 aromatic carbocycles. The first-order valence-electron chi connectivity index (χ1n) is 2.39. The van der Waals surface area contributed by atoms with Crippen molar-refractivity contribution < 1.29 is 4.92 Å². The summed E-state index contributed by atoms with van der Waals surface area (Å²) in [5, 5.41) is 11.5. The topological polar surface area (TPSA) is 95.2 Å². The van der Waals surface area contributed by atoms with Crippen LogP contribution in [0.4, 0.5) is 16.4 Å². The number of nitrogens with zero attached hydrogens (tertiary/aromatic N) is 1. The molecule has 0 saturated carbocycles.